The van der Waals surface area contributed by atoms with Gasteiger partial charge in [-0.05, 0) is 25.1 Å². The molecule has 28 heavy (non-hydrogen) atoms. The lowest BCUT2D eigenvalue weighted by Crippen LogP contribution is -2.06. The highest BCUT2D eigenvalue weighted by atomic mass is 16.5. The summed E-state index contributed by atoms with van der Waals surface area (Å²) >= 11 is 0. The summed E-state index contributed by atoms with van der Waals surface area (Å²) in [5.74, 6) is -0.476. The molecule has 0 saturated heterocycles. The normalized spacial score (nSPS) is 10.4. The number of hydrogen-bond donors (Lipinski definition) is 0. The maximum Gasteiger partial charge on any atom is 0.341 e. The molecule has 0 N–H and O–H groups in total. The Morgan fingerprint density at radius 3 is 2.11 bits per heavy atom. The lowest BCUT2D eigenvalue weighted by atomic mass is 10.0. The van der Waals surface area contributed by atoms with Gasteiger partial charge in [0.1, 0.15) is 23.7 Å². The van der Waals surface area contributed by atoms with E-state index in [1.807, 2.05) is 6.07 Å². The molecule has 0 spiro atoms. The highest BCUT2D eigenvalue weighted by molar-refractivity contribution is 6.09. The summed E-state index contributed by atoms with van der Waals surface area (Å²) in [4.78, 5) is 36.2. The molecular weight excluding hydrogens is 360 g/mol. The third kappa shape index (κ3) is 4.17. The van der Waals surface area contributed by atoms with Gasteiger partial charge in [-0.15, -0.1) is 0 Å². The number of esters is 2. The summed E-state index contributed by atoms with van der Waals surface area (Å²) in [6.45, 7) is 1.50. The highest BCUT2D eigenvalue weighted by Crippen LogP contribution is 2.17. The van der Waals surface area contributed by atoms with E-state index in [1.165, 1.54) is 25.3 Å². The molecule has 0 bridgehead atoms. The standard InChI is InChI=1S/C22H18O6/c1-14-19(22(25)26-2)12-18(28-14)13-27-21(24)17-10-8-16(9-11-17)20(23)15-6-4-3-5-7-15/h3-12H,13H2,1-2H3. The summed E-state index contributed by atoms with van der Waals surface area (Å²) in [5, 5.41) is 0. The first-order chi connectivity index (χ1) is 13.5. The van der Waals surface area contributed by atoms with Crippen molar-refractivity contribution < 1.29 is 28.3 Å². The fourth-order valence-corrected chi connectivity index (χ4v) is 2.66. The lowest BCUT2D eigenvalue weighted by Gasteiger charge is -2.05. The van der Waals surface area contributed by atoms with Crippen LogP contribution >= 0.6 is 0 Å². The molecule has 0 fully saturated rings. The number of ketones is 1. The third-order valence-corrected chi connectivity index (χ3v) is 4.14. The van der Waals surface area contributed by atoms with Crippen molar-refractivity contribution in [3.63, 3.8) is 0 Å². The van der Waals surface area contributed by atoms with Crippen LogP contribution in [0.4, 0.5) is 0 Å². The third-order valence-electron chi connectivity index (χ3n) is 4.14. The topological polar surface area (TPSA) is 82.8 Å². The smallest absolute Gasteiger partial charge is 0.341 e. The fourth-order valence-electron chi connectivity index (χ4n) is 2.66. The number of carbonyl (C=O) groups excluding carboxylic acids is 3. The Kier molecular flexibility index (Phi) is 5.69. The van der Waals surface area contributed by atoms with Gasteiger partial charge in [-0.2, -0.15) is 0 Å². The van der Waals surface area contributed by atoms with Crippen LogP contribution in [-0.2, 0) is 16.1 Å². The molecule has 142 valence electrons. The van der Waals surface area contributed by atoms with Gasteiger partial charge in [0.05, 0.1) is 12.7 Å². The Hall–Kier alpha value is -3.67. The first-order valence-corrected chi connectivity index (χ1v) is 8.54. The number of carbonyl (C=O) groups is 3. The maximum absolute atomic E-state index is 12.4. The molecular formula is C22H18O6. The van der Waals surface area contributed by atoms with Gasteiger partial charge in [-0.25, -0.2) is 9.59 Å². The monoisotopic (exact) mass is 378 g/mol. The van der Waals surface area contributed by atoms with Crippen LogP contribution in [-0.4, -0.2) is 24.8 Å². The van der Waals surface area contributed by atoms with Gasteiger partial charge in [-0.3, -0.25) is 4.79 Å². The molecule has 0 saturated carbocycles. The van der Waals surface area contributed by atoms with Crippen molar-refractivity contribution in [3.05, 3.63) is 94.4 Å². The molecule has 0 radical (unpaired) electrons. The van der Waals surface area contributed by atoms with E-state index < -0.39 is 11.9 Å². The van der Waals surface area contributed by atoms with E-state index >= 15 is 0 Å². The van der Waals surface area contributed by atoms with Crippen LogP contribution in [0.25, 0.3) is 0 Å². The summed E-state index contributed by atoms with van der Waals surface area (Å²) in [6.07, 6.45) is 0. The summed E-state index contributed by atoms with van der Waals surface area (Å²) in [5.41, 5.74) is 1.65. The molecule has 0 aliphatic carbocycles. The maximum atomic E-state index is 12.4. The molecule has 1 heterocycles. The van der Waals surface area contributed by atoms with Gasteiger partial charge in [-0.1, -0.05) is 42.5 Å². The van der Waals surface area contributed by atoms with Crippen LogP contribution in [0, 0.1) is 6.92 Å². The average Bonchev–Trinajstić information content (AvgIpc) is 3.12. The van der Waals surface area contributed by atoms with Crippen molar-refractivity contribution in [2.24, 2.45) is 0 Å². The first-order valence-electron chi connectivity index (χ1n) is 8.54. The molecule has 1 aromatic heterocycles. The number of hydrogen-bond acceptors (Lipinski definition) is 6. The number of aryl methyl sites for hydroxylation is 1. The second kappa shape index (κ2) is 8.35. The predicted octanol–water partition coefficient (Wildman–Crippen LogP) is 3.96. The molecule has 2 aromatic carbocycles. The second-order valence-electron chi connectivity index (χ2n) is 6.02. The van der Waals surface area contributed by atoms with E-state index in [9.17, 15) is 14.4 Å². The predicted molar refractivity (Wildman–Crippen MR) is 100 cm³/mol. The second-order valence-corrected chi connectivity index (χ2v) is 6.02. The van der Waals surface area contributed by atoms with E-state index in [2.05, 4.69) is 4.74 Å². The van der Waals surface area contributed by atoms with E-state index in [1.54, 1.807) is 43.3 Å². The Labute approximate surface area is 161 Å². The van der Waals surface area contributed by atoms with Crippen molar-refractivity contribution in [2.45, 2.75) is 13.5 Å². The van der Waals surface area contributed by atoms with Crippen molar-refractivity contribution in [2.75, 3.05) is 7.11 Å². The van der Waals surface area contributed by atoms with E-state index in [0.29, 0.717) is 28.2 Å². The molecule has 3 aromatic rings. The van der Waals surface area contributed by atoms with Gasteiger partial charge in [0.25, 0.3) is 0 Å². The number of methoxy groups -OCH3 is 1. The Morgan fingerprint density at radius 2 is 1.46 bits per heavy atom. The molecule has 0 aliphatic heterocycles. The first kappa shape index (κ1) is 19.1. The summed E-state index contributed by atoms with van der Waals surface area (Å²) in [6, 6.07) is 16.6. The van der Waals surface area contributed by atoms with E-state index in [-0.39, 0.29) is 18.0 Å². The SMILES string of the molecule is COC(=O)c1cc(COC(=O)c2ccc(C(=O)c3ccccc3)cc2)oc1C. The van der Waals surface area contributed by atoms with Gasteiger partial charge >= 0.3 is 11.9 Å². The van der Waals surface area contributed by atoms with Crippen molar-refractivity contribution in [1.82, 2.24) is 0 Å². The van der Waals surface area contributed by atoms with Crippen LogP contribution in [0.5, 0.6) is 0 Å². The van der Waals surface area contributed by atoms with Crippen molar-refractivity contribution in [3.8, 4) is 0 Å². The van der Waals surface area contributed by atoms with Crippen LogP contribution < -0.4 is 0 Å². The van der Waals surface area contributed by atoms with Crippen LogP contribution in [0.3, 0.4) is 0 Å². The minimum absolute atomic E-state index is 0.123. The zero-order valence-electron chi connectivity index (χ0n) is 15.4. The highest BCUT2D eigenvalue weighted by Gasteiger charge is 2.17. The Bertz CT molecular complexity index is 999. The lowest BCUT2D eigenvalue weighted by molar-refractivity contribution is 0.0443. The van der Waals surface area contributed by atoms with Gasteiger partial charge in [0.2, 0.25) is 0 Å². The number of ether oxygens (including phenoxy) is 2. The molecule has 0 aliphatic rings. The van der Waals surface area contributed by atoms with Crippen LogP contribution in [0.1, 0.15) is 48.2 Å². The largest absolute Gasteiger partial charge is 0.465 e. The molecule has 0 unspecified atom stereocenters. The Morgan fingerprint density at radius 1 is 0.857 bits per heavy atom. The molecule has 6 nitrogen and oxygen atoms in total. The van der Waals surface area contributed by atoms with E-state index in [0.717, 1.165) is 0 Å². The fraction of sp³-hybridized carbons (Fsp3) is 0.136. The van der Waals surface area contributed by atoms with Crippen LogP contribution in [0.15, 0.2) is 65.1 Å². The molecule has 0 amide bonds. The zero-order valence-corrected chi connectivity index (χ0v) is 15.4. The van der Waals surface area contributed by atoms with Crippen molar-refractivity contribution in [1.29, 1.82) is 0 Å². The summed E-state index contributed by atoms with van der Waals surface area (Å²) in [7, 11) is 1.28. The molecule has 0 atom stereocenters. The van der Waals surface area contributed by atoms with E-state index in [4.69, 9.17) is 9.15 Å². The van der Waals surface area contributed by atoms with Gasteiger partial charge < -0.3 is 13.9 Å². The van der Waals surface area contributed by atoms with Gasteiger partial charge in [0, 0.05) is 11.1 Å². The average molecular weight is 378 g/mol. The van der Waals surface area contributed by atoms with Crippen molar-refractivity contribution >= 4 is 17.7 Å². The minimum atomic E-state index is -0.563. The number of furan rings is 1. The molecule has 6 heteroatoms. The number of benzene rings is 2. The zero-order chi connectivity index (χ0) is 20.1. The van der Waals surface area contributed by atoms with Gasteiger partial charge in [0.15, 0.2) is 5.78 Å². The van der Waals surface area contributed by atoms with Crippen LogP contribution in [0.2, 0.25) is 0 Å². The minimum Gasteiger partial charge on any atom is -0.465 e. The summed E-state index contributed by atoms with van der Waals surface area (Å²) < 4.78 is 15.3. The number of rotatable bonds is 6. The molecule has 3 rings (SSSR count). The Balaban J connectivity index is 1.64. The quantitative estimate of drug-likeness (QED) is 0.477.